The van der Waals surface area contributed by atoms with Gasteiger partial charge in [0.15, 0.2) is 0 Å². The molecule has 39 heavy (non-hydrogen) atoms. The summed E-state index contributed by atoms with van der Waals surface area (Å²) >= 11 is 0. The van der Waals surface area contributed by atoms with Crippen LogP contribution in [0, 0.1) is 0 Å². The van der Waals surface area contributed by atoms with Crippen LogP contribution in [0.4, 0.5) is 0 Å². The van der Waals surface area contributed by atoms with Crippen LogP contribution in [-0.2, 0) is 13.0 Å². The Morgan fingerprint density at radius 2 is 1.56 bits per heavy atom. The second-order valence-corrected chi connectivity index (χ2v) is 9.24. The molecular formula is C30H36N4O5. The fourth-order valence-electron chi connectivity index (χ4n) is 4.06. The zero-order valence-electron chi connectivity index (χ0n) is 22.3. The fourth-order valence-corrected chi connectivity index (χ4v) is 4.06. The molecule has 0 bridgehead atoms. The van der Waals surface area contributed by atoms with Gasteiger partial charge in [-0.05, 0) is 54.3 Å². The van der Waals surface area contributed by atoms with E-state index in [0.717, 1.165) is 23.3 Å². The zero-order chi connectivity index (χ0) is 28.2. The lowest BCUT2D eigenvalue weighted by Crippen LogP contribution is -2.48. The molecule has 0 fully saturated rings. The first-order chi connectivity index (χ1) is 18.8. The molecule has 9 nitrogen and oxygen atoms in total. The summed E-state index contributed by atoms with van der Waals surface area (Å²) < 4.78 is 5.26. The summed E-state index contributed by atoms with van der Waals surface area (Å²) in [5.74, 6) is -0.950. The number of aliphatic hydroxyl groups is 1. The highest BCUT2D eigenvalue weighted by atomic mass is 16.5. The van der Waals surface area contributed by atoms with E-state index >= 15 is 0 Å². The van der Waals surface area contributed by atoms with Crippen molar-refractivity contribution in [3.05, 3.63) is 101 Å². The van der Waals surface area contributed by atoms with Crippen molar-refractivity contribution in [2.45, 2.75) is 38.5 Å². The third kappa shape index (κ3) is 8.94. The van der Waals surface area contributed by atoms with Gasteiger partial charge in [0, 0.05) is 36.3 Å². The summed E-state index contributed by atoms with van der Waals surface area (Å²) in [5.41, 5.74) is 7.69. The minimum atomic E-state index is -0.939. The van der Waals surface area contributed by atoms with Crippen LogP contribution in [0.15, 0.2) is 72.8 Å². The molecule has 206 valence electrons. The lowest BCUT2D eigenvalue weighted by Gasteiger charge is -2.25. The van der Waals surface area contributed by atoms with E-state index in [4.69, 9.17) is 10.5 Å². The average molecular weight is 533 g/mol. The maximum Gasteiger partial charge on any atom is 0.251 e. The first kappa shape index (κ1) is 29.3. The second-order valence-electron chi connectivity index (χ2n) is 9.24. The average Bonchev–Trinajstić information content (AvgIpc) is 2.95. The van der Waals surface area contributed by atoms with Crippen LogP contribution in [0.5, 0.6) is 5.75 Å². The number of aliphatic hydroxyl groups excluding tert-OH is 1. The first-order valence-corrected chi connectivity index (χ1v) is 12.9. The maximum absolute atomic E-state index is 13.3. The molecule has 0 radical (unpaired) electrons. The van der Waals surface area contributed by atoms with Crippen molar-refractivity contribution < 1.29 is 24.2 Å². The number of nitrogens with one attached hydrogen (secondary N) is 3. The summed E-state index contributed by atoms with van der Waals surface area (Å²) in [6.45, 7) is 3.08. The van der Waals surface area contributed by atoms with Crippen LogP contribution >= 0.6 is 0 Å². The van der Waals surface area contributed by atoms with Gasteiger partial charge < -0.3 is 31.5 Å². The normalized spacial score (nSPS) is 12.3. The van der Waals surface area contributed by atoms with Gasteiger partial charge in [0.2, 0.25) is 5.91 Å². The van der Waals surface area contributed by atoms with Crippen LogP contribution in [0.2, 0.25) is 0 Å². The lowest BCUT2D eigenvalue weighted by atomic mass is 9.99. The highest BCUT2D eigenvalue weighted by Crippen LogP contribution is 2.14. The molecule has 0 aliphatic carbocycles. The summed E-state index contributed by atoms with van der Waals surface area (Å²) in [4.78, 5) is 37.8. The Labute approximate surface area is 228 Å². The van der Waals surface area contributed by atoms with E-state index in [0.29, 0.717) is 19.5 Å². The van der Waals surface area contributed by atoms with Crippen molar-refractivity contribution >= 4 is 17.7 Å². The number of ether oxygens (including phenoxy) is 1. The van der Waals surface area contributed by atoms with E-state index in [2.05, 4.69) is 16.0 Å². The topological polar surface area (TPSA) is 143 Å². The molecule has 0 unspecified atom stereocenters. The molecule has 0 saturated heterocycles. The standard InChI is InChI=1S/C30H36N4O5/c1-3-12-33-29(37)23-15-22(28(31)36)16-24(17-23)30(38)34-26(14-20-8-5-4-6-9-20)27(35)19-32-18-21-10-7-11-25(13-21)39-2/h4-11,13,15-17,26-27,32,35H,3,12,14,18-19H2,1-2H3,(H2,31,36)(H,33,37)(H,34,38)/t26-,27+/m0/s1. The zero-order valence-corrected chi connectivity index (χ0v) is 22.3. The van der Waals surface area contributed by atoms with Crippen LogP contribution in [0.3, 0.4) is 0 Å². The largest absolute Gasteiger partial charge is 0.497 e. The molecule has 3 aromatic rings. The Kier molecular flexibility index (Phi) is 11.0. The molecule has 3 rings (SSSR count). The van der Waals surface area contributed by atoms with Crippen molar-refractivity contribution in [3.8, 4) is 5.75 Å². The van der Waals surface area contributed by atoms with Crippen LogP contribution < -0.4 is 26.4 Å². The number of rotatable bonds is 14. The van der Waals surface area contributed by atoms with E-state index in [-0.39, 0.29) is 23.2 Å². The lowest BCUT2D eigenvalue weighted by molar-refractivity contribution is 0.0830. The molecule has 6 N–H and O–H groups in total. The quantitative estimate of drug-likeness (QED) is 0.216. The van der Waals surface area contributed by atoms with Crippen molar-refractivity contribution in [2.24, 2.45) is 5.73 Å². The van der Waals surface area contributed by atoms with Gasteiger partial charge in [0.1, 0.15) is 5.75 Å². The molecule has 0 aliphatic heterocycles. The molecule has 0 spiro atoms. The summed E-state index contributed by atoms with van der Waals surface area (Å²) in [7, 11) is 1.60. The van der Waals surface area contributed by atoms with Gasteiger partial charge in [-0.25, -0.2) is 0 Å². The molecular weight excluding hydrogens is 496 g/mol. The second kappa shape index (κ2) is 14.7. The van der Waals surface area contributed by atoms with Gasteiger partial charge in [-0.3, -0.25) is 14.4 Å². The molecule has 3 aromatic carbocycles. The molecule has 9 heteroatoms. The summed E-state index contributed by atoms with van der Waals surface area (Å²) in [6, 6.07) is 20.6. The van der Waals surface area contributed by atoms with E-state index in [9.17, 15) is 19.5 Å². The molecule has 0 heterocycles. The van der Waals surface area contributed by atoms with Crippen molar-refractivity contribution in [1.29, 1.82) is 0 Å². The number of hydrogen-bond acceptors (Lipinski definition) is 6. The van der Waals surface area contributed by atoms with Gasteiger partial charge in [-0.2, -0.15) is 0 Å². The predicted octanol–water partition coefficient (Wildman–Crippen LogP) is 2.43. The van der Waals surface area contributed by atoms with E-state index in [1.54, 1.807) is 7.11 Å². The minimum absolute atomic E-state index is 0.0458. The van der Waals surface area contributed by atoms with Crippen LogP contribution in [-0.4, -0.2) is 55.2 Å². The predicted molar refractivity (Wildman–Crippen MR) is 150 cm³/mol. The number of primary amides is 1. The molecule has 0 saturated carbocycles. The highest BCUT2D eigenvalue weighted by Gasteiger charge is 2.24. The van der Waals surface area contributed by atoms with Crippen molar-refractivity contribution in [1.82, 2.24) is 16.0 Å². The van der Waals surface area contributed by atoms with E-state index in [1.807, 2.05) is 61.5 Å². The number of hydrogen-bond donors (Lipinski definition) is 5. The summed E-state index contributed by atoms with van der Waals surface area (Å²) in [5, 5.41) is 19.9. The number of carbonyl (C=O) groups is 3. The number of nitrogens with two attached hydrogens (primary N) is 1. The third-order valence-electron chi connectivity index (χ3n) is 6.17. The van der Waals surface area contributed by atoms with Gasteiger partial charge in [0.25, 0.3) is 11.8 Å². The number of carbonyl (C=O) groups excluding carboxylic acids is 3. The monoisotopic (exact) mass is 532 g/mol. The van der Waals surface area contributed by atoms with Gasteiger partial charge >= 0.3 is 0 Å². The molecule has 3 amide bonds. The fraction of sp³-hybridized carbons (Fsp3) is 0.300. The SMILES string of the molecule is CCCNC(=O)c1cc(C(N)=O)cc(C(=O)N[C@@H](Cc2ccccc2)[C@H](O)CNCc2cccc(OC)c2)c1. The third-order valence-corrected chi connectivity index (χ3v) is 6.17. The highest BCUT2D eigenvalue weighted by molar-refractivity contribution is 6.04. The Hall–Kier alpha value is -4.21. The van der Waals surface area contributed by atoms with Gasteiger partial charge in [0.05, 0.1) is 19.3 Å². The van der Waals surface area contributed by atoms with Crippen LogP contribution in [0.25, 0.3) is 0 Å². The molecule has 0 aliphatic rings. The number of amides is 3. The summed E-state index contributed by atoms with van der Waals surface area (Å²) in [6.07, 6.45) is 0.166. The number of benzene rings is 3. The minimum Gasteiger partial charge on any atom is -0.497 e. The van der Waals surface area contributed by atoms with E-state index < -0.39 is 29.9 Å². The Bertz CT molecular complexity index is 1270. The van der Waals surface area contributed by atoms with Gasteiger partial charge in [-0.1, -0.05) is 49.4 Å². The maximum atomic E-state index is 13.3. The van der Waals surface area contributed by atoms with Crippen molar-refractivity contribution in [2.75, 3.05) is 20.2 Å². The molecule has 0 aromatic heterocycles. The van der Waals surface area contributed by atoms with E-state index in [1.165, 1.54) is 18.2 Å². The Morgan fingerprint density at radius 3 is 2.23 bits per heavy atom. The van der Waals surface area contributed by atoms with Crippen molar-refractivity contribution in [3.63, 3.8) is 0 Å². The van der Waals surface area contributed by atoms with Gasteiger partial charge in [-0.15, -0.1) is 0 Å². The smallest absolute Gasteiger partial charge is 0.251 e. The van der Waals surface area contributed by atoms with Crippen LogP contribution in [0.1, 0.15) is 55.5 Å². The Morgan fingerprint density at radius 1 is 0.897 bits per heavy atom. The first-order valence-electron chi connectivity index (χ1n) is 12.9. The molecule has 2 atom stereocenters. The Balaban J connectivity index is 1.77. The number of methoxy groups -OCH3 is 1.